The van der Waals surface area contributed by atoms with Crippen molar-refractivity contribution in [2.75, 3.05) is 0 Å². The Kier molecular flexibility index (Phi) is 23.7. The van der Waals surface area contributed by atoms with E-state index < -0.39 is 0 Å². The maximum absolute atomic E-state index is 11.8. The molecule has 3 nitrogen and oxygen atoms in total. The highest BCUT2D eigenvalue weighted by molar-refractivity contribution is 5.78. The fourth-order valence-electron chi connectivity index (χ4n) is 2.00. The van der Waals surface area contributed by atoms with Crippen molar-refractivity contribution in [2.45, 2.75) is 82.1 Å². The minimum Gasteiger partial charge on any atom is -0.308 e. The van der Waals surface area contributed by atoms with E-state index in [2.05, 4.69) is 42.7 Å². The molecule has 2 aliphatic rings. The fraction of sp³-hybridized carbons (Fsp3) is 0.609. The summed E-state index contributed by atoms with van der Waals surface area (Å²) in [6.45, 7) is 20.3. The van der Waals surface area contributed by atoms with Gasteiger partial charge in [0.1, 0.15) is 0 Å². The summed E-state index contributed by atoms with van der Waals surface area (Å²) in [5.74, 6) is 0.988. The van der Waals surface area contributed by atoms with Crippen LogP contribution < -0.4 is 10.6 Å². The first-order valence-corrected chi connectivity index (χ1v) is 10.5. The molecule has 2 aliphatic carbocycles. The van der Waals surface area contributed by atoms with Gasteiger partial charge in [0, 0.05) is 11.4 Å². The summed E-state index contributed by atoms with van der Waals surface area (Å²) in [5.41, 5.74) is 1.75. The molecule has 0 aromatic carbocycles. The van der Waals surface area contributed by atoms with Crippen LogP contribution in [0.5, 0.6) is 0 Å². The van der Waals surface area contributed by atoms with Crippen LogP contribution in [0.25, 0.3) is 0 Å². The summed E-state index contributed by atoms with van der Waals surface area (Å²) in [6, 6.07) is -0.176. The summed E-state index contributed by atoms with van der Waals surface area (Å²) in [4.78, 5) is 11.8. The molecule has 2 atom stereocenters. The second-order valence-corrected chi connectivity index (χ2v) is 4.92. The standard InChI is InChI=1S/C15H20N2O.4C2H6/c1-11-8-9-14(10-12(11)2)17-15(18)16-13-6-4-3-5-7-13;4*1-2/h4,6-12H,3,5H2,1-2H3,(H2,16,17,18);4*1-2H3. The third kappa shape index (κ3) is 13.5. The van der Waals surface area contributed by atoms with E-state index in [1.807, 2.05) is 73.6 Å². The molecule has 2 unspecified atom stereocenters. The summed E-state index contributed by atoms with van der Waals surface area (Å²) in [7, 11) is 0. The fourth-order valence-corrected chi connectivity index (χ4v) is 2.00. The van der Waals surface area contributed by atoms with Crippen molar-refractivity contribution in [1.29, 1.82) is 0 Å². The van der Waals surface area contributed by atoms with E-state index in [4.69, 9.17) is 0 Å². The van der Waals surface area contributed by atoms with E-state index >= 15 is 0 Å². The van der Waals surface area contributed by atoms with Crippen LogP contribution >= 0.6 is 0 Å². The summed E-state index contributed by atoms with van der Waals surface area (Å²) >= 11 is 0. The quantitative estimate of drug-likeness (QED) is 0.528. The minimum atomic E-state index is -0.176. The normalized spacial score (nSPS) is 19.2. The Morgan fingerprint density at radius 2 is 1.35 bits per heavy atom. The molecule has 0 saturated heterocycles. The van der Waals surface area contributed by atoms with Crippen LogP contribution in [0, 0.1) is 11.8 Å². The van der Waals surface area contributed by atoms with E-state index in [9.17, 15) is 4.79 Å². The molecular formula is C23H44N2O. The van der Waals surface area contributed by atoms with Crippen LogP contribution in [-0.2, 0) is 0 Å². The summed E-state index contributed by atoms with van der Waals surface area (Å²) in [6.07, 6.45) is 14.3. The van der Waals surface area contributed by atoms with Gasteiger partial charge in [-0.25, -0.2) is 4.79 Å². The zero-order valence-corrected chi connectivity index (χ0v) is 18.9. The molecule has 0 aromatic rings. The lowest BCUT2D eigenvalue weighted by Crippen LogP contribution is -2.34. The smallest absolute Gasteiger partial charge is 0.308 e. The molecule has 3 heteroatoms. The number of hydrogen-bond acceptors (Lipinski definition) is 1. The number of urea groups is 1. The molecule has 0 radical (unpaired) electrons. The predicted octanol–water partition coefficient (Wildman–Crippen LogP) is 7.35. The van der Waals surface area contributed by atoms with Crippen molar-refractivity contribution >= 4 is 6.03 Å². The average molecular weight is 365 g/mol. The number of hydrogen-bond donors (Lipinski definition) is 2. The average Bonchev–Trinajstić information content (AvgIpc) is 2.72. The monoisotopic (exact) mass is 364 g/mol. The van der Waals surface area contributed by atoms with Gasteiger partial charge in [-0.1, -0.05) is 93.5 Å². The molecule has 0 aliphatic heterocycles. The lowest BCUT2D eigenvalue weighted by atomic mass is 9.91. The second-order valence-electron chi connectivity index (χ2n) is 4.92. The van der Waals surface area contributed by atoms with Crippen molar-refractivity contribution in [2.24, 2.45) is 11.8 Å². The topological polar surface area (TPSA) is 41.1 Å². The molecule has 152 valence electrons. The number of allylic oxidation sites excluding steroid dienone is 6. The highest BCUT2D eigenvalue weighted by atomic mass is 16.2. The number of amides is 2. The number of carbonyl (C=O) groups is 1. The van der Waals surface area contributed by atoms with Crippen LogP contribution in [0.3, 0.4) is 0 Å². The highest BCUT2D eigenvalue weighted by Crippen LogP contribution is 2.20. The SMILES string of the molecule is CC.CC.CC.CC.CC1C=CC(NC(=O)NC2=CCCC=C2)=CC1C. The number of carbonyl (C=O) groups excluding carboxylic acids is 1. The molecule has 0 spiro atoms. The van der Waals surface area contributed by atoms with Crippen molar-refractivity contribution < 1.29 is 4.79 Å². The van der Waals surface area contributed by atoms with Crippen LogP contribution in [0.4, 0.5) is 4.79 Å². The van der Waals surface area contributed by atoms with Crippen molar-refractivity contribution in [3.05, 3.63) is 47.9 Å². The van der Waals surface area contributed by atoms with E-state index in [-0.39, 0.29) is 6.03 Å². The molecule has 2 amide bonds. The molecule has 0 bridgehead atoms. The Balaban J connectivity index is -0.000000585. The van der Waals surface area contributed by atoms with Gasteiger partial charge in [-0.2, -0.15) is 0 Å². The Labute approximate surface area is 163 Å². The Morgan fingerprint density at radius 3 is 1.81 bits per heavy atom. The molecule has 0 fully saturated rings. The maximum Gasteiger partial charge on any atom is 0.323 e. The zero-order chi connectivity index (χ0) is 21.0. The van der Waals surface area contributed by atoms with Gasteiger partial charge in [0.15, 0.2) is 0 Å². The van der Waals surface area contributed by atoms with Gasteiger partial charge in [0.05, 0.1) is 0 Å². The molecule has 0 heterocycles. The second kappa shape index (κ2) is 21.3. The minimum absolute atomic E-state index is 0.176. The van der Waals surface area contributed by atoms with Crippen LogP contribution in [0.2, 0.25) is 0 Å². The molecule has 2 N–H and O–H groups in total. The Hall–Kier alpha value is -1.77. The van der Waals surface area contributed by atoms with Gasteiger partial charge in [-0.15, -0.1) is 0 Å². The van der Waals surface area contributed by atoms with Crippen LogP contribution in [0.15, 0.2) is 47.9 Å². The van der Waals surface area contributed by atoms with Crippen molar-refractivity contribution in [3.8, 4) is 0 Å². The molecular weight excluding hydrogens is 320 g/mol. The summed E-state index contributed by atoms with van der Waals surface area (Å²) < 4.78 is 0. The zero-order valence-electron chi connectivity index (χ0n) is 18.9. The highest BCUT2D eigenvalue weighted by Gasteiger charge is 2.13. The van der Waals surface area contributed by atoms with Gasteiger partial charge in [-0.3, -0.25) is 0 Å². The van der Waals surface area contributed by atoms with E-state index in [0.29, 0.717) is 11.8 Å². The van der Waals surface area contributed by atoms with Crippen LogP contribution in [0.1, 0.15) is 82.1 Å². The molecule has 26 heavy (non-hydrogen) atoms. The van der Waals surface area contributed by atoms with E-state index in [1.54, 1.807) is 0 Å². The predicted molar refractivity (Wildman–Crippen MR) is 119 cm³/mol. The largest absolute Gasteiger partial charge is 0.323 e. The molecule has 0 aromatic heterocycles. The van der Waals surface area contributed by atoms with Crippen molar-refractivity contribution in [3.63, 3.8) is 0 Å². The van der Waals surface area contributed by atoms with Gasteiger partial charge >= 0.3 is 6.03 Å². The third-order valence-electron chi connectivity index (χ3n) is 3.36. The van der Waals surface area contributed by atoms with Crippen molar-refractivity contribution in [1.82, 2.24) is 10.6 Å². The first kappa shape index (κ1) is 29.0. The first-order valence-electron chi connectivity index (χ1n) is 10.5. The third-order valence-corrected chi connectivity index (χ3v) is 3.36. The first-order chi connectivity index (χ1) is 12.6. The van der Waals surface area contributed by atoms with Crippen LogP contribution in [-0.4, -0.2) is 6.03 Å². The molecule has 2 rings (SSSR count). The maximum atomic E-state index is 11.8. The molecule has 0 saturated carbocycles. The number of rotatable bonds is 2. The van der Waals surface area contributed by atoms with E-state index in [0.717, 1.165) is 24.2 Å². The van der Waals surface area contributed by atoms with Gasteiger partial charge in [0.2, 0.25) is 0 Å². The number of nitrogens with one attached hydrogen (secondary N) is 2. The van der Waals surface area contributed by atoms with Gasteiger partial charge < -0.3 is 10.6 Å². The lowest BCUT2D eigenvalue weighted by Gasteiger charge is -2.19. The lowest BCUT2D eigenvalue weighted by molar-refractivity contribution is 0.246. The van der Waals surface area contributed by atoms with Gasteiger partial charge in [-0.05, 0) is 36.8 Å². The van der Waals surface area contributed by atoms with E-state index in [1.165, 1.54) is 0 Å². The Bertz CT molecular complexity index is 445. The van der Waals surface area contributed by atoms with Gasteiger partial charge in [0.25, 0.3) is 0 Å². The Morgan fingerprint density at radius 1 is 0.808 bits per heavy atom. The summed E-state index contributed by atoms with van der Waals surface area (Å²) in [5, 5.41) is 5.71.